The van der Waals surface area contributed by atoms with Crippen molar-refractivity contribution in [2.24, 2.45) is 0 Å². The highest BCUT2D eigenvalue weighted by Crippen LogP contribution is 2.25. The van der Waals surface area contributed by atoms with E-state index in [0.717, 1.165) is 11.6 Å². The molecule has 5 nitrogen and oxygen atoms in total. The van der Waals surface area contributed by atoms with E-state index in [4.69, 9.17) is 0 Å². The molecule has 0 saturated carbocycles. The standard InChI is InChI=1S/C23H19N3O2/c27-22(16-6-2-1-3-7-16)17-8-4-10-19(14-17)25-23(28)21-12-11-20(26-21)18-9-5-13-24-15-18/h1-11,13-15,21,26H,12H2,(H,25,28). The van der Waals surface area contributed by atoms with E-state index >= 15 is 0 Å². The van der Waals surface area contributed by atoms with Gasteiger partial charge in [-0.05, 0) is 36.6 Å². The predicted octanol–water partition coefficient (Wildman–Crippen LogP) is 3.40. The van der Waals surface area contributed by atoms with E-state index in [0.29, 0.717) is 23.2 Å². The maximum atomic E-state index is 12.6. The molecule has 1 fully saturated rings. The van der Waals surface area contributed by atoms with Crippen LogP contribution >= 0.6 is 0 Å². The Morgan fingerprint density at radius 3 is 2.57 bits per heavy atom. The summed E-state index contributed by atoms with van der Waals surface area (Å²) < 4.78 is 0. The molecule has 1 unspecified atom stereocenters. The first-order chi connectivity index (χ1) is 13.7. The van der Waals surface area contributed by atoms with E-state index in [1.807, 2.05) is 36.8 Å². The van der Waals surface area contributed by atoms with Crippen molar-refractivity contribution in [2.45, 2.75) is 12.5 Å². The van der Waals surface area contributed by atoms with Crippen molar-refractivity contribution < 1.29 is 9.59 Å². The summed E-state index contributed by atoms with van der Waals surface area (Å²) in [6.07, 6.45) is 6.07. The molecule has 2 radical (unpaired) electrons. The molecular weight excluding hydrogens is 350 g/mol. The summed E-state index contributed by atoms with van der Waals surface area (Å²) in [7, 11) is 0. The summed E-state index contributed by atoms with van der Waals surface area (Å²) in [5.41, 5.74) is 2.71. The lowest BCUT2D eigenvalue weighted by atomic mass is 10.0. The second kappa shape index (κ2) is 8.15. The molecular formula is C23H19N3O2. The van der Waals surface area contributed by atoms with Crippen LogP contribution in [0.4, 0.5) is 5.69 Å². The molecule has 1 aromatic heterocycles. The molecule has 1 aliphatic rings. The molecule has 4 rings (SSSR count). The normalized spacial score (nSPS) is 16.6. The third kappa shape index (κ3) is 4.00. The lowest BCUT2D eigenvalue weighted by Gasteiger charge is -2.14. The zero-order chi connectivity index (χ0) is 19.3. The van der Waals surface area contributed by atoms with E-state index in [2.05, 4.69) is 15.6 Å². The van der Waals surface area contributed by atoms with Gasteiger partial charge in [0.1, 0.15) is 0 Å². The van der Waals surface area contributed by atoms with Gasteiger partial charge in [-0.1, -0.05) is 48.5 Å². The Morgan fingerprint density at radius 1 is 0.964 bits per heavy atom. The van der Waals surface area contributed by atoms with Crippen LogP contribution in [0.3, 0.4) is 0 Å². The van der Waals surface area contributed by atoms with E-state index in [1.54, 1.807) is 48.8 Å². The number of carbonyl (C=O) groups excluding carboxylic acids is 2. The Kier molecular flexibility index (Phi) is 5.26. The van der Waals surface area contributed by atoms with Crippen molar-refractivity contribution in [1.82, 2.24) is 10.3 Å². The van der Waals surface area contributed by atoms with Gasteiger partial charge >= 0.3 is 0 Å². The maximum Gasteiger partial charge on any atom is 0.241 e. The smallest absolute Gasteiger partial charge is 0.241 e. The molecule has 2 aromatic carbocycles. The fraction of sp³-hybridized carbons (Fsp3) is 0.0870. The zero-order valence-electron chi connectivity index (χ0n) is 15.1. The van der Waals surface area contributed by atoms with Crippen LogP contribution in [0.5, 0.6) is 0 Å². The summed E-state index contributed by atoms with van der Waals surface area (Å²) >= 11 is 0. The van der Waals surface area contributed by atoms with Crippen LogP contribution in [0.15, 0.2) is 79.1 Å². The van der Waals surface area contributed by atoms with Crippen LogP contribution in [0.25, 0.3) is 0 Å². The maximum absolute atomic E-state index is 12.6. The van der Waals surface area contributed by atoms with Gasteiger partial charge in [-0.15, -0.1) is 0 Å². The first-order valence-corrected chi connectivity index (χ1v) is 9.08. The van der Waals surface area contributed by atoms with Gasteiger partial charge in [-0.2, -0.15) is 0 Å². The van der Waals surface area contributed by atoms with E-state index in [1.165, 1.54) is 0 Å². The third-order valence-corrected chi connectivity index (χ3v) is 4.60. The molecule has 1 amide bonds. The highest BCUT2D eigenvalue weighted by molar-refractivity contribution is 6.09. The molecule has 2 heterocycles. The van der Waals surface area contributed by atoms with Crippen molar-refractivity contribution in [3.05, 3.63) is 108 Å². The lowest BCUT2D eigenvalue weighted by molar-refractivity contribution is -0.117. The summed E-state index contributed by atoms with van der Waals surface area (Å²) in [4.78, 5) is 29.3. The lowest BCUT2D eigenvalue weighted by Crippen LogP contribution is -2.36. The number of benzene rings is 2. The van der Waals surface area contributed by atoms with Crippen LogP contribution in [-0.4, -0.2) is 22.7 Å². The first kappa shape index (κ1) is 18.1. The number of carbonyl (C=O) groups is 2. The van der Waals surface area contributed by atoms with Gasteiger partial charge in [-0.3, -0.25) is 19.9 Å². The van der Waals surface area contributed by atoms with Crippen LogP contribution < -0.4 is 10.6 Å². The summed E-state index contributed by atoms with van der Waals surface area (Å²) in [5, 5.41) is 6.13. The van der Waals surface area contributed by atoms with Gasteiger partial charge in [0.15, 0.2) is 5.78 Å². The highest BCUT2D eigenvalue weighted by atomic mass is 16.2. The van der Waals surface area contributed by atoms with Gasteiger partial charge in [0.25, 0.3) is 0 Å². The van der Waals surface area contributed by atoms with Gasteiger partial charge in [0.2, 0.25) is 5.91 Å². The second-order valence-electron chi connectivity index (χ2n) is 6.56. The minimum Gasteiger partial charge on any atom is -0.325 e. The van der Waals surface area contributed by atoms with Gasteiger partial charge < -0.3 is 5.32 Å². The average molecular weight is 369 g/mol. The van der Waals surface area contributed by atoms with Crippen molar-refractivity contribution in [1.29, 1.82) is 0 Å². The average Bonchev–Trinajstić information content (AvgIpc) is 3.25. The Hall–Kier alpha value is -3.31. The number of nitrogens with one attached hydrogen (secondary N) is 2. The molecule has 5 heteroatoms. The van der Waals surface area contributed by atoms with E-state index in [-0.39, 0.29) is 17.7 Å². The molecule has 28 heavy (non-hydrogen) atoms. The second-order valence-corrected chi connectivity index (χ2v) is 6.56. The molecule has 0 bridgehead atoms. The van der Waals surface area contributed by atoms with Gasteiger partial charge in [-0.25, -0.2) is 0 Å². The van der Waals surface area contributed by atoms with Crippen LogP contribution in [0.1, 0.15) is 27.9 Å². The molecule has 0 aliphatic carbocycles. The summed E-state index contributed by atoms with van der Waals surface area (Å²) in [5.74, 6) is -0.212. The Balaban J connectivity index is 1.42. The van der Waals surface area contributed by atoms with Crippen LogP contribution in [-0.2, 0) is 4.79 Å². The number of hydrogen-bond donors (Lipinski definition) is 2. The first-order valence-electron chi connectivity index (χ1n) is 9.08. The molecule has 1 atom stereocenters. The van der Waals surface area contributed by atoms with Crippen molar-refractivity contribution >= 4 is 17.4 Å². The van der Waals surface area contributed by atoms with E-state index < -0.39 is 0 Å². The Morgan fingerprint density at radius 2 is 1.79 bits per heavy atom. The van der Waals surface area contributed by atoms with Crippen LogP contribution in [0, 0.1) is 12.5 Å². The molecule has 3 aromatic rings. The van der Waals surface area contributed by atoms with E-state index in [9.17, 15) is 9.59 Å². The minimum absolute atomic E-state index is 0.0729. The number of amides is 1. The number of nitrogens with zero attached hydrogens (tertiary/aromatic N) is 1. The quantitative estimate of drug-likeness (QED) is 0.676. The predicted molar refractivity (Wildman–Crippen MR) is 107 cm³/mol. The number of aromatic nitrogens is 1. The molecule has 0 spiro atoms. The van der Waals surface area contributed by atoms with Crippen molar-refractivity contribution in [3.63, 3.8) is 0 Å². The summed E-state index contributed by atoms with van der Waals surface area (Å²) in [6.45, 7) is 0. The van der Waals surface area contributed by atoms with Crippen molar-refractivity contribution in [2.75, 3.05) is 5.32 Å². The largest absolute Gasteiger partial charge is 0.325 e. The SMILES string of the molecule is O=C(c1ccccc1)c1cccc(NC(=O)C2C[CH][C](c3cccnc3)N2)c1. The van der Waals surface area contributed by atoms with Crippen LogP contribution in [0.2, 0.25) is 0 Å². The van der Waals surface area contributed by atoms with Crippen molar-refractivity contribution in [3.8, 4) is 0 Å². The molecule has 1 aliphatic heterocycles. The Bertz CT molecular complexity index is 973. The number of anilines is 1. The highest BCUT2D eigenvalue weighted by Gasteiger charge is 2.31. The Labute approximate surface area is 163 Å². The number of pyridine rings is 1. The number of hydrogen-bond acceptors (Lipinski definition) is 4. The summed E-state index contributed by atoms with van der Waals surface area (Å²) in [6, 6.07) is 20.5. The van der Waals surface area contributed by atoms with Gasteiger partial charge in [0.05, 0.1) is 12.1 Å². The fourth-order valence-electron chi connectivity index (χ4n) is 3.16. The monoisotopic (exact) mass is 369 g/mol. The topological polar surface area (TPSA) is 71.1 Å². The fourth-order valence-corrected chi connectivity index (χ4v) is 3.16. The minimum atomic E-state index is -0.358. The van der Waals surface area contributed by atoms with Gasteiger partial charge in [0, 0.05) is 29.2 Å². The molecule has 1 saturated heterocycles. The zero-order valence-corrected chi connectivity index (χ0v) is 15.1. The third-order valence-electron chi connectivity index (χ3n) is 4.60. The number of ketones is 1. The molecule has 2 N–H and O–H groups in total. The molecule has 138 valence electrons. The number of rotatable bonds is 5.